The van der Waals surface area contributed by atoms with Crippen molar-refractivity contribution in [2.24, 2.45) is 0 Å². The van der Waals surface area contributed by atoms with Crippen LogP contribution < -0.4 is 15.8 Å². The third kappa shape index (κ3) is 3.85. The van der Waals surface area contributed by atoms with E-state index in [1.54, 1.807) is 5.01 Å². The van der Waals surface area contributed by atoms with Gasteiger partial charge in [-0.15, -0.1) is 0 Å². The molecule has 0 unspecified atom stereocenters. The van der Waals surface area contributed by atoms with Gasteiger partial charge in [0.15, 0.2) is 11.4 Å². The first-order valence-corrected chi connectivity index (χ1v) is 10.6. The van der Waals surface area contributed by atoms with E-state index in [9.17, 15) is 28.3 Å². The van der Waals surface area contributed by atoms with Gasteiger partial charge in [0.05, 0.1) is 0 Å². The number of fused-ring (bicyclic) bond motifs is 4. The lowest BCUT2D eigenvalue weighted by molar-refractivity contribution is 0.0634. The molecule has 0 fully saturated rings. The molecule has 0 radical (unpaired) electrons. The summed E-state index contributed by atoms with van der Waals surface area (Å²) in [7, 11) is 0. The van der Waals surface area contributed by atoms with Gasteiger partial charge in [0.25, 0.3) is 11.8 Å². The predicted molar refractivity (Wildman–Crippen MR) is 117 cm³/mol. The number of amides is 2. The number of aromatic hydroxyl groups is 1. The van der Waals surface area contributed by atoms with Crippen LogP contribution in [0.15, 0.2) is 35.3 Å². The third-order valence-corrected chi connectivity index (χ3v) is 6.05. The zero-order valence-corrected chi connectivity index (χ0v) is 18.4. The van der Waals surface area contributed by atoms with Crippen LogP contribution >= 0.6 is 0 Å². The molecule has 0 saturated heterocycles. The Morgan fingerprint density at radius 2 is 1.88 bits per heavy atom. The van der Waals surface area contributed by atoms with Crippen LogP contribution in [0.4, 0.5) is 8.78 Å². The van der Waals surface area contributed by atoms with Gasteiger partial charge in [0.1, 0.15) is 23.9 Å². The number of benzene rings is 1. The second-order valence-electron chi connectivity index (χ2n) is 8.41. The van der Waals surface area contributed by atoms with Crippen molar-refractivity contribution in [3.8, 4) is 5.75 Å². The summed E-state index contributed by atoms with van der Waals surface area (Å²) in [6.07, 6.45) is 5.68. The lowest BCUT2D eigenvalue weighted by atomic mass is 10.1. The highest BCUT2D eigenvalue weighted by Crippen LogP contribution is 2.26. The average molecular weight is 458 g/mol. The molecule has 0 saturated carbocycles. The van der Waals surface area contributed by atoms with E-state index < -0.39 is 46.7 Å². The molecular weight excluding hydrogens is 434 g/mol. The zero-order chi connectivity index (χ0) is 24.0. The fraction of sp³-hybridized carbons (Fsp3) is 0.348. The second kappa shape index (κ2) is 8.34. The molecule has 4 rings (SSSR count). The van der Waals surface area contributed by atoms with E-state index in [0.29, 0.717) is 12.0 Å². The largest absolute Gasteiger partial charge is 0.502 e. The smallest absolute Gasteiger partial charge is 0.278 e. The molecule has 0 aliphatic carbocycles. The number of aromatic nitrogens is 1. The molecule has 1 aromatic carbocycles. The molecule has 174 valence electrons. The summed E-state index contributed by atoms with van der Waals surface area (Å²) in [5.74, 6) is -3.95. The third-order valence-electron chi connectivity index (χ3n) is 6.05. The van der Waals surface area contributed by atoms with Gasteiger partial charge in [-0.3, -0.25) is 24.1 Å². The molecule has 2 atom stereocenters. The standard InChI is InChI=1S/C23H24F2N4O4/c1-12-7-17(24)15(18(25)8-12)9-26-22(32)16-10-28-19(21(31)20(16)30)23(33)27-11-29(28)14(3)6-4-5-13(27)2/h4-5,7-8,10,13-14,31H,6,9,11H2,1-3H3,(H,26,32)/b5-4-/t13-,14-/m0/s1. The number of hydrogen-bond donors (Lipinski definition) is 2. The summed E-state index contributed by atoms with van der Waals surface area (Å²) in [4.78, 5) is 40.1. The Morgan fingerprint density at radius 3 is 2.55 bits per heavy atom. The van der Waals surface area contributed by atoms with E-state index >= 15 is 0 Å². The quantitative estimate of drug-likeness (QED) is 0.688. The lowest BCUT2D eigenvalue weighted by Gasteiger charge is -2.45. The fourth-order valence-electron chi connectivity index (χ4n) is 4.10. The number of hydrogen-bond acceptors (Lipinski definition) is 5. The van der Waals surface area contributed by atoms with E-state index in [0.717, 1.165) is 12.1 Å². The normalized spacial score (nSPS) is 20.7. The highest BCUT2D eigenvalue weighted by molar-refractivity contribution is 5.99. The van der Waals surface area contributed by atoms with Gasteiger partial charge in [-0.25, -0.2) is 8.78 Å². The average Bonchev–Trinajstić information content (AvgIpc) is 2.74. The van der Waals surface area contributed by atoms with Crippen molar-refractivity contribution < 1.29 is 23.5 Å². The molecule has 1 aromatic heterocycles. The molecule has 33 heavy (non-hydrogen) atoms. The van der Waals surface area contributed by atoms with Crippen molar-refractivity contribution in [2.75, 3.05) is 11.7 Å². The van der Waals surface area contributed by atoms with Gasteiger partial charge in [-0.05, 0) is 44.9 Å². The Kier molecular flexibility index (Phi) is 5.69. The minimum absolute atomic E-state index is 0.114. The Balaban J connectivity index is 1.71. The number of nitrogens with one attached hydrogen (secondary N) is 1. The number of aryl methyl sites for hydroxylation is 1. The van der Waals surface area contributed by atoms with Gasteiger partial charge in [0, 0.05) is 30.4 Å². The molecule has 2 aromatic rings. The van der Waals surface area contributed by atoms with Gasteiger partial charge in [-0.2, -0.15) is 0 Å². The van der Waals surface area contributed by atoms with Crippen molar-refractivity contribution >= 4 is 11.8 Å². The molecule has 2 N–H and O–H groups in total. The molecule has 2 amide bonds. The molecule has 3 heterocycles. The van der Waals surface area contributed by atoms with Crippen molar-refractivity contribution in [3.05, 3.63) is 74.7 Å². The SMILES string of the molecule is Cc1cc(F)c(CNC(=O)c2cn3c(c(O)c2=O)C(=O)N2CN3[C@@H](C)C/C=C\[C@@H]2C)c(F)c1. The van der Waals surface area contributed by atoms with E-state index in [2.05, 4.69) is 5.32 Å². The van der Waals surface area contributed by atoms with Crippen LogP contribution in [0, 0.1) is 18.6 Å². The Hall–Kier alpha value is -3.69. The van der Waals surface area contributed by atoms with Crippen LogP contribution in [0.25, 0.3) is 0 Å². The monoisotopic (exact) mass is 458 g/mol. The van der Waals surface area contributed by atoms with Crippen LogP contribution in [0.2, 0.25) is 0 Å². The van der Waals surface area contributed by atoms with Gasteiger partial charge < -0.3 is 15.3 Å². The molecular formula is C23H24F2N4O4. The lowest BCUT2D eigenvalue weighted by Crippen LogP contribution is -2.59. The maximum Gasteiger partial charge on any atom is 0.278 e. The summed E-state index contributed by atoms with van der Waals surface area (Å²) in [5.41, 5.74) is -1.66. The minimum atomic E-state index is -1.04. The highest BCUT2D eigenvalue weighted by atomic mass is 19.1. The first-order valence-electron chi connectivity index (χ1n) is 10.6. The number of pyridine rings is 1. The van der Waals surface area contributed by atoms with Crippen LogP contribution in [0.5, 0.6) is 5.75 Å². The number of carbonyl (C=O) groups excluding carboxylic acids is 2. The van der Waals surface area contributed by atoms with Crippen LogP contribution in [-0.2, 0) is 6.54 Å². The molecule has 10 heteroatoms. The molecule has 2 bridgehead atoms. The molecule has 0 spiro atoms. The summed E-state index contributed by atoms with van der Waals surface area (Å²) in [6, 6.07) is 1.91. The van der Waals surface area contributed by atoms with E-state index in [-0.39, 0.29) is 30.0 Å². The van der Waals surface area contributed by atoms with E-state index in [1.807, 2.05) is 26.0 Å². The van der Waals surface area contributed by atoms with Crippen LogP contribution in [0.3, 0.4) is 0 Å². The van der Waals surface area contributed by atoms with Crippen molar-refractivity contribution in [2.45, 2.75) is 45.8 Å². The Labute approximate surface area is 188 Å². The first kappa shape index (κ1) is 22.5. The number of halogens is 2. The summed E-state index contributed by atoms with van der Waals surface area (Å²) < 4.78 is 29.5. The number of carbonyl (C=O) groups is 2. The molecule has 8 nitrogen and oxygen atoms in total. The van der Waals surface area contributed by atoms with Gasteiger partial charge >= 0.3 is 0 Å². The summed E-state index contributed by atoms with van der Waals surface area (Å²) in [6.45, 7) is 4.99. The summed E-state index contributed by atoms with van der Waals surface area (Å²) in [5, 5.41) is 14.7. The Bertz CT molecular complexity index is 1220. The summed E-state index contributed by atoms with van der Waals surface area (Å²) >= 11 is 0. The maximum absolute atomic E-state index is 14.1. The van der Waals surface area contributed by atoms with Crippen molar-refractivity contribution in [1.82, 2.24) is 14.9 Å². The number of nitrogens with zero attached hydrogens (tertiary/aromatic N) is 3. The van der Waals surface area contributed by atoms with Gasteiger partial charge in [-0.1, -0.05) is 12.2 Å². The van der Waals surface area contributed by atoms with E-state index in [4.69, 9.17) is 0 Å². The van der Waals surface area contributed by atoms with Crippen molar-refractivity contribution in [3.63, 3.8) is 0 Å². The highest BCUT2D eigenvalue weighted by Gasteiger charge is 2.37. The van der Waals surface area contributed by atoms with Gasteiger partial charge in [0.2, 0.25) is 5.43 Å². The molecule has 2 aliphatic heterocycles. The van der Waals surface area contributed by atoms with Crippen LogP contribution in [0.1, 0.15) is 52.2 Å². The molecule has 2 aliphatic rings. The predicted octanol–water partition coefficient (Wildman–Crippen LogP) is 2.16. The number of rotatable bonds is 3. The van der Waals surface area contributed by atoms with E-state index in [1.165, 1.54) is 22.7 Å². The topological polar surface area (TPSA) is 94.9 Å². The van der Waals surface area contributed by atoms with Crippen molar-refractivity contribution in [1.29, 1.82) is 0 Å². The zero-order valence-electron chi connectivity index (χ0n) is 18.4. The maximum atomic E-state index is 14.1. The second-order valence-corrected chi connectivity index (χ2v) is 8.41. The fourth-order valence-corrected chi connectivity index (χ4v) is 4.10. The van der Waals surface area contributed by atoms with Crippen LogP contribution in [-0.4, -0.2) is 45.2 Å². The Morgan fingerprint density at radius 1 is 1.21 bits per heavy atom. The minimum Gasteiger partial charge on any atom is -0.502 e. The first-order chi connectivity index (χ1) is 15.6.